The molecule has 0 radical (unpaired) electrons. The number of amides is 3. The lowest BCUT2D eigenvalue weighted by molar-refractivity contribution is -0.129. The van der Waals surface area contributed by atoms with Crippen LogP contribution in [0.2, 0.25) is 0 Å². The van der Waals surface area contributed by atoms with E-state index in [4.69, 9.17) is 11.6 Å². The minimum atomic E-state index is -0.844. The number of carbonyl (C=O) groups excluding carboxylic acids is 4. The fraction of sp³-hybridized carbons (Fsp3) is 0.200. The molecule has 0 aliphatic carbocycles. The Morgan fingerprint density at radius 2 is 1.42 bits per heavy atom. The highest BCUT2D eigenvalue weighted by Gasteiger charge is 2.21. The van der Waals surface area contributed by atoms with E-state index < -0.39 is 11.9 Å². The molecule has 0 bridgehead atoms. The number of hydrogen-bond donors (Lipinski definition) is 4. The van der Waals surface area contributed by atoms with E-state index in [1.165, 1.54) is 12.1 Å². The maximum atomic E-state index is 13.1. The highest BCUT2D eigenvalue weighted by Crippen LogP contribution is 2.13. The van der Waals surface area contributed by atoms with Gasteiger partial charge < -0.3 is 10.6 Å². The van der Waals surface area contributed by atoms with Gasteiger partial charge in [0.25, 0.3) is 5.91 Å². The normalized spacial score (nSPS) is 11.1. The van der Waals surface area contributed by atoms with Gasteiger partial charge in [-0.25, -0.2) is 5.48 Å². The number of carbonyl (C=O) groups is 4. The number of hydrogen-bond acceptors (Lipinski definition) is 5. The summed E-state index contributed by atoms with van der Waals surface area (Å²) in [5.74, 6) is 1.10. The summed E-state index contributed by atoms with van der Waals surface area (Å²) in [4.78, 5) is 49.7. The van der Waals surface area contributed by atoms with Crippen LogP contribution in [0.5, 0.6) is 0 Å². The van der Waals surface area contributed by atoms with E-state index in [1.807, 2.05) is 6.07 Å². The highest BCUT2D eigenvalue weighted by molar-refractivity contribution is 6.08. The molecule has 0 heterocycles. The Hall–Kier alpha value is -4.74. The quantitative estimate of drug-likeness (QED) is 0.0978. The summed E-state index contributed by atoms with van der Waals surface area (Å²) in [6.45, 7) is 0.174. The molecule has 3 aromatic rings. The summed E-state index contributed by atoms with van der Waals surface area (Å²) in [7, 11) is 0. The van der Waals surface area contributed by atoms with Gasteiger partial charge in [0.1, 0.15) is 6.04 Å². The number of ketones is 1. The summed E-state index contributed by atoms with van der Waals surface area (Å²) in [6.07, 6.45) is 6.67. The third kappa shape index (κ3) is 8.15. The zero-order valence-corrected chi connectivity index (χ0v) is 20.8. The van der Waals surface area contributed by atoms with Gasteiger partial charge >= 0.3 is 0 Å². The van der Waals surface area contributed by atoms with Gasteiger partial charge in [-0.05, 0) is 29.7 Å². The van der Waals surface area contributed by atoms with Crippen LogP contribution in [-0.2, 0) is 22.6 Å². The van der Waals surface area contributed by atoms with Gasteiger partial charge in [0.2, 0.25) is 11.8 Å². The molecule has 8 heteroatoms. The molecule has 38 heavy (non-hydrogen) atoms. The molecule has 8 nitrogen and oxygen atoms in total. The summed E-state index contributed by atoms with van der Waals surface area (Å²) in [6, 6.07) is 21.4. The number of terminal acetylenes is 1. The summed E-state index contributed by atoms with van der Waals surface area (Å²) < 4.78 is 0. The zero-order valence-electron chi connectivity index (χ0n) is 20.8. The molecule has 194 valence electrons. The van der Waals surface area contributed by atoms with Crippen LogP contribution in [0.1, 0.15) is 56.7 Å². The average Bonchev–Trinajstić information content (AvgIpc) is 2.96. The molecule has 3 aromatic carbocycles. The van der Waals surface area contributed by atoms with Crippen molar-refractivity contribution in [2.75, 3.05) is 0 Å². The fourth-order valence-corrected chi connectivity index (χ4v) is 3.76. The van der Waals surface area contributed by atoms with Crippen molar-refractivity contribution >= 4 is 23.5 Å². The first kappa shape index (κ1) is 27.8. The first-order valence-corrected chi connectivity index (χ1v) is 12.1. The number of hydroxylamine groups is 1. The largest absolute Gasteiger partial charge is 0.350 e. The molecule has 0 saturated heterocycles. The van der Waals surface area contributed by atoms with Crippen molar-refractivity contribution in [3.05, 3.63) is 107 Å². The maximum absolute atomic E-state index is 13.1. The Morgan fingerprint density at radius 3 is 2.05 bits per heavy atom. The van der Waals surface area contributed by atoms with Crippen LogP contribution in [0.15, 0.2) is 78.9 Å². The third-order valence-electron chi connectivity index (χ3n) is 5.85. The van der Waals surface area contributed by atoms with Crippen molar-refractivity contribution in [3.63, 3.8) is 0 Å². The van der Waals surface area contributed by atoms with Gasteiger partial charge in [-0.3, -0.25) is 24.4 Å². The van der Waals surface area contributed by atoms with Crippen molar-refractivity contribution < 1.29 is 24.4 Å². The van der Waals surface area contributed by atoms with E-state index in [2.05, 4.69) is 16.6 Å². The van der Waals surface area contributed by atoms with Crippen LogP contribution < -0.4 is 16.1 Å². The molecule has 3 rings (SSSR count). The highest BCUT2D eigenvalue weighted by atomic mass is 16.5. The second-order valence-corrected chi connectivity index (χ2v) is 8.63. The molecule has 3 amide bonds. The Labute approximate surface area is 221 Å². The second kappa shape index (κ2) is 14.1. The van der Waals surface area contributed by atoms with E-state index >= 15 is 0 Å². The fourth-order valence-electron chi connectivity index (χ4n) is 3.76. The van der Waals surface area contributed by atoms with E-state index in [0.29, 0.717) is 24.0 Å². The van der Waals surface area contributed by atoms with Crippen LogP contribution in [0.25, 0.3) is 0 Å². The lowest BCUT2D eigenvalue weighted by Gasteiger charge is -2.19. The summed E-state index contributed by atoms with van der Waals surface area (Å²) in [5.41, 5.74) is 4.46. The Kier molecular flexibility index (Phi) is 10.3. The molecule has 0 spiro atoms. The molecular weight excluding hydrogens is 482 g/mol. The Morgan fingerprint density at radius 1 is 0.816 bits per heavy atom. The van der Waals surface area contributed by atoms with Gasteiger partial charge in [-0.2, -0.15) is 0 Å². The van der Waals surface area contributed by atoms with Crippen LogP contribution >= 0.6 is 0 Å². The van der Waals surface area contributed by atoms with Crippen molar-refractivity contribution in [2.24, 2.45) is 0 Å². The molecule has 1 atom stereocenters. The molecule has 0 saturated carbocycles. The Bertz CT molecular complexity index is 1300. The Balaban J connectivity index is 1.68. The van der Waals surface area contributed by atoms with Crippen molar-refractivity contribution in [1.29, 1.82) is 0 Å². The van der Waals surface area contributed by atoms with Gasteiger partial charge in [-0.15, -0.1) is 12.3 Å². The first-order valence-electron chi connectivity index (χ1n) is 12.1. The lowest BCUT2D eigenvalue weighted by atomic mass is 9.99. The molecule has 0 aliphatic rings. The van der Waals surface area contributed by atoms with Gasteiger partial charge in [0.05, 0.1) is 0 Å². The standard InChI is InChI=1S/C30H29N3O5/c1-2-3-5-10-27(34)32-26(30(37)31-20-22-13-17-25(18-14-22)29(36)33-38)19-21-11-15-24(16-12-21)28(35)23-8-6-4-7-9-23/h1,4,6-9,11-18,26,38H,3,5,10,19-20H2,(H,31,37)(H,32,34)(H,33,36)/t26-/m1/s1. The molecular formula is C30H29N3O5. The third-order valence-corrected chi connectivity index (χ3v) is 5.85. The maximum Gasteiger partial charge on any atom is 0.274 e. The molecule has 4 N–H and O–H groups in total. The van der Waals surface area contributed by atoms with Crippen LogP contribution in [0, 0.1) is 12.3 Å². The molecule has 0 fully saturated rings. The minimum absolute atomic E-state index is 0.101. The topological polar surface area (TPSA) is 125 Å². The van der Waals surface area contributed by atoms with Gasteiger partial charge in [-0.1, -0.05) is 66.7 Å². The van der Waals surface area contributed by atoms with E-state index in [0.717, 1.165) is 11.1 Å². The van der Waals surface area contributed by atoms with Crippen molar-refractivity contribution in [1.82, 2.24) is 16.1 Å². The molecule has 0 unspecified atom stereocenters. The monoisotopic (exact) mass is 511 g/mol. The summed E-state index contributed by atoms with van der Waals surface area (Å²) >= 11 is 0. The number of nitrogens with one attached hydrogen (secondary N) is 3. The SMILES string of the molecule is C#CCCCC(=O)N[C@H](Cc1ccc(C(=O)c2ccccc2)cc1)C(=O)NCc1ccc(C(=O)NO)cc1. The van der Waals surface area contributed by atoms with Crippen molar-refractivity contribution in [3.8, 4) is 12.3 Å². The van der Waals surface area contributed by atoms with E-state index in [-0.39, 0.29) is 42.5 Å². The molecule has 0 aromatic heterocycles. The van der Waals surface area contributed by atoms with Crippen LogP contribution in [-0.4, -0.2) is 34.8 Å². The smallest absolute Gasteiger partial charge is 0.274 e. The zero-order chi connectivity index (χ0) is 27.3. The van der Waals surface area contributed by atoms with Crippen LogP contribution in [0.4, 0.5) is 0 Å². The minimum Gasteiger partial charge on any atom is -0.350 e. The van der Waals surface area contributed by atoms with E-state index in [1.54, 1.807) is 66.1 Å². The van der Waals surface area contributed by atoms with Gasteiger partial charge in [0, 0.05) is 42.5 Å². The first-order chi connectivity index (χ1) is 18.4. The molecule has 0 aliphatic heterocycles. The predicted octanol–water partition coefficient (Wildman–Crippen LogP) is 3.18. The lowest BCUT2D eigenvalue weighted by Crippen LogP contribution is -2.47. The second-order valence-electron chi connectivity index (χ2n) is 8.63. The predicted molar refractivity (Wildman–Crippen MR) is 142 cm³/mol. The van der Waals surface area contributed by atoms with E-state index in [9.17, 15) is 19.2 Å². The number of unbranched alkanes of at least 4 members (excludes halogenated alkanes) is 1. The van der Waals surface area contributed by atoms with Crippen molar-refractivity contribution in [2.45, 2.75) is 38.3 Å². The number of benzene rings is 3. The summed E-state index contributed by atoms with van der Waals surface area (Å²) in [5, 5.41) is 14.3. The van der Waals surface area contributed by atoms with Gasteiger partial charge in [0.15, 0.2) is 5.78 Å². The average molecular weight is 512 g/mol. The van der Waals surface area contributed by atoms with Crippen LogP contribution in [0.3, 0.4) is 0 Å². The number of rotatable bonds is 12.